The van der Waals surface area contributed by atoms with Gasteiger partial charge in [0.1, 0.15) is 17.7 Å². The molecule has 2 nitrogen and oxygen atoms in total. The second kappa shape index (κ2) is 4.43. The lowest BCUT2D eigenvalue weighted by molar-refractivity contribution is -0.111. The summed E-state index contributed by atoms with van der Waals surface area (Å²) in [4.78, 5) is 10.8. The van der Waals surface area contributed by atoms with Gasteiger partial charge in [0.15, 0.2) is 0 Å². The van der Waals surface area contributed by atoms with E-state index in [1.54, 1.807) is 31.4 Å². The molecule has 0 aliphatic carbocycles. The predicted octanol–water partition coefficient (Wildman–Crippen LogP) is 2.73. The highest BCUT2D eigenvalue weighted by Gasteiger charge is 2.30. The van der Waals surface area contributed by atoms with Gasteiger partial charge in [-0.3, -0.25) is 0 Å². The van der Waals surface area contributed by atoms with Crippen LogP contribution in [-0.4, -0.2) is 19.1 Å². The molecule has 3 heteroatoms. The Hall–Kier alpha value is -1.38. The fourth-order valence-electron chi connectivity index (χ4n) is 1.45. The summed E-state index contributed by atoms with van der Waals surface area (Å²) in [5.74, 6) is -0.0385. The molecule has 0 aromatic heterocycles. The first kappa shape index (κ1) is 11.7. The summed E-state index contributed by atoms with van der Waals surface area (Å²) in [5.41, 5.74) is -0.880. The molecular weight excluding hydrogens is 195 g/mol. The Balaban J connectivity index is 2.98. The molecule has 0 fully saturated rings. The monoisotopic (exact) mass is 210 g/mol. The molecule has 1 aromatic carbocycles. The van der Waals surface area contributed by atoms with E-state index in [2.05, 4.69) is 0 Å². The average Bonchev–Trinajstić information content (AvgIpc) is 2.18. The number of benzene rings is 1. The summed E-state index contributed by atoms with van der Waals surface area (Å²) in [6.07, 6.45) is 0.641. The lowest BCUT2D eigenvalue weighted by Gasteiger charge is -2.22. The van der Waals surface area contributed by atoms with Gasteiger partial charge in [-0.05, 0) is 31.5 Å². The molecule has 15 heavy (non-hydrogen) atoms. The summed E-state index contributed by atoms with van der Waals surface area (Å²) in [5, 5.41) is 0. The van der Waals surface area contributed by atoms with Crippen LogP contribution in [0.2, 0.25) is 0 Å². The molecule has 0 N–H and O–H groups in total. The first-order valence-electron chi connectivity index (χ1n) is 4.77. The highest BCUT2D eigenvalue weighted by molar-refractivity contribution is 5.64. The summed E-state index contributed by atoms with van der Waals surface area (Å²) < 4.78 is 18.6. The highest BCUT2D eigenvalue weighted by Crippen LogP contribution is 2.30. The Labute approximate surface area is 89.1 Å². The topological polar surface area (TPSA) is 26.3 Å². The number of hydrogen-bond acceptors (Lipinski definition) is 2. The van der Waals surface area contributed by atoms with Crippen molar-refractivity contribution in [1.82, 2.24) is 0 Å². The number of carbonyl (C=O) groups is 1. The van der Waals surface area contributed by atoms with E-state index in [1.165, 1.54) is 13.8 Å². The van der Waals surface area contributed by atoms with Crippen LogP contribution in [0, 0.1) is 0 Å². The molecule has 1 unspecified atom stereocenters. The largest absolute Gasteiger partial charge is 0.497 e. The Bertz CT molecular complexity index is 324. The minimum absolute atomic E-state index is 0.641. The van der Waals surface area contributed by atoms with Gasteiger partial charge in [-0.25, -0.2) is 4.39 Å². The summed E-state index contributed by atoms with van der Waals surface area (Å²) in [7, 11) is 1.56. The molecule has 0 bridgehead atoms. The maximum absolute atomic E-state index is 13.7. The lowest BCUT2D eigenvalue weighted by Crippen LogP contribution is -2.24. The van der Waals surface area contributed by atoms with Gasteiger partial charge in [-0.15, -0.1) is 0 Å². The second-order valence-corrected chi connectivity index (χ2v) is 3.95. The number of rotatable bonds is 4. The molecule has 1 aromatic rings. The minimum Gasteiger partial charge on any atom is -0.497 e. The van der Waals surface area contributed by atoms with Gasteiger partial charge < -0.3 is 9.53 Å². The summed E-state index contributed by atoms with van der Waals surface area (Å²) in [6.45, 7) is 2.80. The molecule has 0 aliphatic heterocycles. The zero-order chi connectivity index (χ0) is 11.5. The van der Waals surface area contributed by atoms with Crippen molar-refractivity contribution in [3.8, 4) is 5.75 Å². The van der Waals surface area contributed by atoms with Crippen LogP contribution in [0.15, 0.2) is 24.3 Å². The number of alkyl halides is 1. The molecule has 1 atom stereocenters. The van der Waals surface area contributed by atoms with Crippen LogP contribution in [0.4, 0.5) is 4.39 Å². The van der Waals surface area contributed by atoms with E-state index in [9.17, 15) is 9.18 Å². The van der Waals surface area contributed by atoms with E-state index in [-0.39, 0.29) is 0 Å². The van der Waals surface area contributed by atoms with Crippen molar-refractivity contribution in [1.29, 1.82) is 0 Å². The highest BCUT2D eigenvalue weighted by atomic mass is 19.1. The maximum atomic E-state index is 13.7. The zero-order valence-corrected chi connectivity index (χ0v) is 9.16. The van der Waals surface area contributed by atoms with Crippen LogP contribution in [0.3, 0.4) is 0 Å². The quantitative estimate of drug-likeness (QED) is 0.714. The molecule has 0 amide bonds. The lowest BCUT2D eigenvalue weighted by atomic mass is 9.87. The van der Waals surface area contributed by atoms with Crippen LogP contribution in [-0.2, 0) is 4.79 Å². The van der Waals surface area contributed by atoms with E-state index in [0.717, 1.165) is 0 Å². The molecule has 1 rings (SSSR count). The number of ether oxygens (including phenoxy) is 1. The molecule has 0 saturated heterocycles. The molecular formula is C12H15FO2. The molecule has 0 spiro atoms. The molecule has 0 radical (unpaired) electrons. The van der Waals surface area contributed by atoms with Crippen LogP contribution < -0.4 is 4.74 Å². The fourth-order valence-corrected chi connectivity index (χ4v) is 1.45. The van der Waals surface area contributed by atoms with Crippen LogP contribution in [0.5, 0.6) is 5.75 Å². The SMILES string of the molecule is COc1ccc(C(C=O)C(C)(C)F)cc1. The molecule has 82 valence electrons. The normalized spacial score (nSPS) is 13.3. The van der Waals surface area contributed by atoms with E-state index >= 15 is 0 Å². The van der Waals surface area contributed by atoms with E-state index in [1.807, 2.05) is 0 Å². The number of hydrogen-bond donors (Lipinski definition) is 0. The Morgan fingerprint density at radius 3 is 2.20 bits per heavy atom. The van der Waals surface area contributed by atoms with Crippen molar-refractivity contribution in [2.75, 3.05) is 7.11 Å². The van der Waals surface area contributed by atoms with E-state index < -0.39 is 11.6 Å². The minimum atomic E-state index is -1.55. The maximum Gasteiger partial charge on any atom is 0.130 e. The molecule has 0 heterocycles. The molecule has 0 saturated carbocycles. The third kappa shape index (κ3) is 2.78. The van der Waals surface area contributed by atoms with Crippen molar-refractivity contribution in [2.45, 2.75) is 25.4 Å². The average molecular weight is 210 g/mol. The second-order valence-electron chi connectivity index (χ2n) is 3.95. The van der Waals surface area contributed by atoms with Gasteiger partial charge in [-0.1, -0.05) is 12.1 Å². The van der Waals surface area contributed by atoms with Crippen LogP contribution >= 0.6 is 0 Å². The van der Waals surface area contributed by atoms with Crippen LogP contribution in [0.25, 0.3) is 0 Å². The van der Waals surface area contributed by atoms with Gasteiger partial charge in [0, 0.05) is 0 Å². The number of aldehydes is 1. The predicted molar refractivity (Wildman–Crippen MR) is 57.0 cm³/mol. The Morgan fingerprint density at radius 2 is 1.87 bits per heavy atom. The van der Waals surface area contributed by atoms with Crippen molar-refractivity contribution >= 4 is 6.29 Å². The smallest absolute Gasteiger partial charge is 0.130 e. The van der Waals surface area contributed by atoms with Gasteiger partial charge in [0.25, 0.3) is 0 Å². The van der Waals surface area contributed by atoms with Gasteiger partial charge in [0.2, 0.25) is 0 Å². The van der Waals surface area contributed by atoms with Crippen molar-refractivity contribution < 1.29 is 13.9 Å². The van der Waals surface area contributed by atoms with Crippen LogP contribution in [0.1, 0.15) is 25.3 Å². The van der Waals surface area contributed by atoms with Crippen molar-refractivity contribution in [3.63, 3.8) is 0 Å². The Morgan fingerprint density at radius 1 is 1.33 bits per heavy atom. The standard InChI is InChI=1S/C12H15FO2/c1-12(2,13)11(8-14)9-4-6-10(15-3)7-5-9/h4-8,11H,1-3H3. The summed E-state index contributed by atoms with van der Waals surface area (Å²) in [6, 6.07) is 6.85. The Kier molecular flexibility index (Phi) is 3.45. The van der Waals surface area contributed by atoms with Gasteiger partial charge >= 0.3 is 0 Å². The van der Waals surface area contributed by atoms with E-state index in [0.29, 0.717) is 17.6 Å². The number of halogens is 1. The van der Waals surface area contributed by atoms with Crippen molar-refractivity contribution in [3.05, 3.63) is 29.8 Å². The fraction of sp³-hybridized carbons (Fsp3) is 0.417. The first-order chi connectivity index (χ1) is 6.99. The number of methoxy groups -OCH3 is 1. The number of carbonyl (C=O) groups excluding carboxylic acids is 1. The third-order valence-electron chi connectivity index (χ3n) is 2.35. The first-order valence-corrected chi connectivity index (χ1v) is 4.77. The third-order valence-corrected chi connectivity index (χ3v) is 2.35. The molecule has 0 aliphatic rings. The van der Waals surface area contributed by atoms with E-state index in [4.69, 9.17) is 4.74 Å². The summed E-state index contributed by atoms with van der Waals surface area (Å²) >= 11 is 0. The van der Waals surface area contributed by atoms with Gasteiger partial charge in [0.05, 0.1) is 13.0 Å². The van der Waals surface area contributed by atoms with Gasteiger partial charge in [-0.2, -0.15) is 0 Å². The van der Waals surface area contributed by atoms with Crippen molar-refractivity contribution in [2.24, 2.45) is 0 Å². The zero-order valence-electron chi connectivity index (χ0n) is 9.16.